The Morgan fingerprint density at radius 2 is 1.92 bits per heavy atom. The molecule has 1 rings (SSSR count). The van der Waals surface area contributed by atoms with Gasteiger partial charge in [0.2, 0.25) is 0 Å². The first kappa shape index (κ1) is 24.8. The fourth-order valence-corrected chi connectivity index (χ4v) is 2.25. The summed E-state index contributed by atoms with van der Waals surface area (Å²) < 4.78 is 10.6. The van der Waals surface area contributed by atoms with E-state index in [0.717, 1.165) is 50.5 Å². The summed E-state index contributed by atoms with van der Waals surface area (Å²) >= 11 is 0. The van der Waals surface area contributed by atoms with Gasteiger partial charge in [0.15, 0.2) is 5.96 Å². The summed E-state index contributed by atoms with van der Waals surface area (Å²) in [6.07, 6.45) is 6.18. The van der Waals surface area contributed by atoms with E-state index in [-0.39, 0.29) is 29.9 Å². The van der Waals surface area contributed by atoms with Crippen LogP contribution in [0.2, 0.25) is 0 Å². The highest BCUT2D eigenvalue weighted by molar-refractivity contribution is 14.0. The number of guanidine groups is 1. The van der Waals surface area contributed by atoms with E-state index in [1.54, 1.807) is 6.26 Å². The predicted molar refractivity (Wildman–Crippen MR) is 116 cm³/mol. The number of carbonyl (C=O) groups is 1. The molecule has 0 aromatic carbocycles. The van der Waals surface area contributed by atoms with Crippen molar-refractivity contribution >= 4 is 35.9 Å². The lowest BCUT2D eigenvalue weighted by Gasteiger charge is -2.19. The van der Waals surface area contributed by atoms with Gasteiger partial charge in [-0.2, -0.15) is 0 Å². The fraction of sp³-hybridized carbons (Fsp3) is 0.684. The maximum atomic E-state index is 11.6. The summed E-state index contributed by atoms with van der Waals surface area (Å²) in [7, 11) is 0. The summed E-state index contributed by atoms with van der Waals surface area (Å²) in [6, 6.07) is 3.78. The molecule has 0 aliphatic heterocycles. The van der Waals surface area contributed by atoms with Gasteiger partial charge in [-0.15, -0.1) is 24.0 Å². The molecule has 1 aromatic heterocycles. The van der Waals surface area contributed by atoms with Crippen LogP contribution in [0.3, 0.4) is 0 Å². The maximum Gasteiger partial charge on any atom is 0.306 e. The molecule has 1 aromatic rings. The molecule has 26 heavy (non-hydrogen) atoms. The molecule has 0 saturated heterocycles. The van der Waals surface area contributed by atoms with Gasteiger partial charge in [-0.1, -0.05) is 12.8 Å². The average Bonchev–Trinajstić information content (AvgIpc) is 3.03. The third kappa shape index (κ3) is 13.0. The molecule has 0 bridgehead atoms. The molecule has 0 radical (unpaired) electrons. The summed E-state index contributed by atoms with van der Waals surface area (Å²) in [4.78, 5) is 16.1. The number of carbonyl (C=O) groups excluding carboxylic acids is 1. The lowest BCUT2D eigenvalue weighted by Crippen LogP contribution is -2.37. The van der Waals surface area contributed by atoms with Crippen LogP contribution in [0.15, 0.2) is 27.8 Å². The van der Waals surface area contributed by atoms with Crippen LogP contribution in [-0.2, 0) is 16.1 Å². The van der Waals surface area contributed by atoms with Crippen molar-refractivity contribution in [3.63, 3.8) is 0 Å². The third-order valence-corrected chi connectivity index (χ3v) is 3.34. The normalized spacial score (nSPS) is 11.6. The minimum Gasteiger partial charge on any atom is -0.467 e. The Morgan fingerprint density at radius 3 is 2.54 bits per heavy atom. The van der Waals surface area contributed by atoms with Gasteiger partial charge in [-0.25, -0.2) is 4.99 Å². The standard InChI is InChI=1S/C19H33N3O3.HI/c1-5-20-18(22-15-16-11-10-14-24-16)21-13-9-7-6-8-12-17(23)25-19(2,3)4;/h10-11,14H,5-9,12-13,15H2,1-4H3,(H2,20,21,22);1H. The Bertz CT molecular complexity index is 511. The second-order valence-corrected chi connectivity index (χ2v) is 6.95. The SMILES string of the molecule is CCNC(=NCc1ccco1)NCCCCCCC(=O)OC(C)(C)C.I. The van der Waals surface area contributed by atoms with Crippen molar-refractivity contribution in [2.24, 2.45) is 4.99 Å². The molecule has 0 unspecified atom stereocenters. The second-order valence-electron chi connectivity index (χ2n) is 6.95. The molecule has 2 N–H and O–H groups in total. The Kier molecular flexibility index (Phi) is 13.2. The van der Waals surface area contributed by atoms with Crippen molar-refractivity contribution in [2.75, 3.05) is 13.1 Å². The fourth-order valence-electron chi connectivity index (χ4n) is 2.25. The van der Waals surface area contributed by atoms with Crippen molar-refractivity contribution in [2.45, 2.75) is 71.9 Å². The van der Waals surface area contributed by atoms with Crippen LogP contribution in [0.1, 0.15) is 65.6 Å². The van der Waals surface area contributed by atoms with Crippen molar-refractivity contribution in [3.05, 3.63) is 24.2 Å². The molecule has 6 nitrogen and oxygen atoms in total. The molecule has 0 amide bonds. The molecule has 0 aliphatic carbocycles. The van der Waals surface area contributed by atoms with E-state index in [9.17, 15) is 4.79 Å². The predicted octanol–water partition coefficient (Wildman–Crippen LogP) is 4.24. The molecule has 0 spiro atoms. The summed E-state index contributed by atoms with van der Waals surface area (Å²) in [5, 5.41) is 6.54. The number of hydrogen-bond acceptors (Lipinski definition) is 4. The van der Waals surface area contributed by atoms with Crippen LogP contribution in [0.5, 0.6) is 0 Å². The number of ether oxygens (including phenoxy) is 1. The van der Waals surface area contributed by atoms with E-state index in [1.807, 2.05) is 39.8 Å². The number of hydrogen-bond donors (Lipinski definition) is 2. The first-order valence-corrected chi connectivity index (χ1v) is 9.17. The highest BCUT2D eigenvalue weighted by Gasteiger charge is 2.15. The number of nitrogens with zero attached hydrogens (tertiary/aromatic N) is 1. The van der Waals surface area contributed by atoms with E-state index in [1.165, 1.54) is 0 Å². The van der Waals surface area contributed by atoms with Crippen LogP contribution in [0, 0.1) is 0 Å². The first-order chi connectivity index (χ1) is 11.9. The van der Waals surface area contributed by atoms with Gasteiger partial charge in [-0.05, 0) is 52.7 Å². The lowest BCUT2D eigenvalue weighted by molar-refractivity contribution is -0.154. The number of aliphatic imine (C=N–C) groups is 1. The highest BCUT2D eigenvalue weighted by atomic mass is 127. The number of nitrogens with one attached hydrogen (secondary N) is 2. The average molecular weight is 479 g/mol. The van der Waals surface area contributed by atoms with Gasteiger partial charge < -0.3 is 19.8 Å². The van der Waals surface area contributed by atoms with Crippen LogP contribution >= 0.6 is 24.0 Å². The molecule has 150 valence electrons. The molecule has 1 heterocycles. The van der Waals surface area contributed by atoms with Gasteiger partial charge in [0, 0.05) is 19.5 Å². The Balaban J connectivity index is 0.00000625. The van der Waals surface area contributed by atoms with Crippen molar-refractivity contribution < 1.29 is 13.9 Å². The largest absolute Gasteiger partial charge is 0.467 e. The van der Waals surface area contributed by atoms with Gasteiger partial charge in [-0.3, -0.25) is 4.79 Å². The second kappa shape index (κ2) is 13.9. The minimum absolute atomic E-state index is 0. The van der Waals surface area contributed by atoms with Crippen molar-refractivity contribution in [1.29, 1.82) is 0 Å². The van der Waals surface area contributed by atoms with Crippen molar-refractivity contribution in [1.82, 2.24) is 10.6 Å². The summed E-state index contributed by atoms with van der Waals surface area (Å²) in [5.74, 6) is 1.54. The molecule has 7 heteroatoms. The quantitative estimate of drug-likeness (QED) is 0.173. The van der Waals surface area contributed by atoms with Crippen LogP contribution in [0.25, 0.3) is 0 Å². The van der Waals surface area contributed by atoms with Crippen LogP contribution in [0.4, 0.5) is 0 Å². The molecule has 0 fully saturated rings. The monoisotopic (exact) mass is 479 g/mol. The summed E-state index contributed by atoms with van der Waals surface area (Å²) in [6.45, 7) is 9.93. The number of furan rings is 1. The van der Waals surface area contributed by atoms with Gasteiger partial charge in [0.05, 0.1) is 6.26 Å². The van der Waals surface area contributed by atoms with E-state index in [4.69, 9.17) is 9.15 Å². The smallest absolute Gasteiger partial charge is 0.306 e. The molecule has 0 saturated carbocycles. The first-order valence-electron chi connectivity index (χ1n) is 9.17. The number of rotatable bonds is 10. The Labute approximate surface area is 174 Å². The van der Waals surface area contributed by atoms with Gasteiger partial charge >= 0.3 is 5.97 Å². The van der Waals surface area contributed by atoms with E-state index in [2.05, 4.69) is 15.6 Å². The third-order valence-electron chi connectivity index (χ3n) is 3.34. The van der Waals surface area contributed by atoms with E-state index >= 15 is 0 Å². The summed E-state index contributed by atoms with van der Waals surface area (Å²) in [5.41, 5.74) is -0.390. The lowest BCUT2D eigenvalue weighted by atomic mass is 10.1. The van der Waals surface area contributed by atoms with Crippen molar-refractivity contribution in [3.8, 4) is 0 Å². The molecule has 0 aliphatic rings. The van der Waals surface area contributed by atoms with E-state index in [0.29, 0.717) is 13.0 Å². The minimum atomic E-state index is -0.390. The van der Waals surface area contributed by atoms with E-state index < -0.39 is 5.60 Å². The topological polar surface area (TPSA) is 75.9 Å². The molecule has 0 atom stereocenters. The van der Waals surface area contributed by atoms with Crippen LogP contribution < -0.4 is 10.6 Å². The highest BCUT2D eigenvalue weighted by Crippen LogP contribution is 2.11. The Hall–Kier alpha value is -1.25. The zero-order valence-electron chi connectivity index (χ0n) is 16.5. The number of unbranched alkanes of at least 4 members (excludes halogenated alkanes) is 3. The zero-order valence-corrected chi connectivity index (χ0v) is 18.8. The van der Waals surface area contributed by atoms with Gasteiger partial charge in [0.25, 0.3) is 0 Å². The van der Waals surface area contributed by atoms with Crippen LogP contribution in [-0.4, -0.2) is 30.6 Å². The number of esters is 1. The maximum absolute atomic E-state index is 11.6. The van der Waals surface area contributed by atoms with Gasteiger partial charge in [0.1, 0.15) is 17.9 Å². The zero-order chi connectivity index (χ0) is 18.5. The molecular formula is C19H34IN3O3. The number of halogens is 1. The Morgan fingerprint density at radius 1 is 1.19 bits per heavy atom. The molecular weight excluding hydrogens is 445 g/mol.